The average molecular weight is 212 g/mol. The third kappa shape index (κ3) is 2.04. The largest absolute Gasteiger partial charge is 1.00 e. The van der Waals surface area contributed by atoms with Gasteiger partial charge in [-0.15, -0.1) is 0 Å². The zero-order valence-corrected chi connectivity index (χ0v) is 10.9. The molecule has 0 bridgehead atoms. The molecule has 0 unspecified atom stereocenters. The molecule has 0 atom stereocenters. The fourth-order valence-electron chi connectivity index (χ4n) is 1.43. The molecule has 2 rings (SSSR count). The maximum absolute atomic E-state index is 10.8. The summed E-state index contributed by atoms with van der Waals surface area (Å²) in [6, 6.07) is 1.65. The van der Waals surface area contributed by atoms with Crippen LogP contribution < -0.4 is 29.6 Å². The van der Waals surface area contributed by atoms with Gasteiger partial charge in [-0.05, 0) is 13.0 Å². The van der Waals surface area contributed by atoms with Crippen molar-refractivity contribution in [2.45, 2.75) is 6.92 Å². The summed E-state index contributed by atoms with van der Waals surface area (Å²) in [5.41, 5.74) is 8.81. The number of nitrogens with zero attached hydrogens (tertiary/aromatic N) is 3. The third-order valence-electron chi connectivity index (χ3n) is 2.13. The molecule has 0 aromatic carbocycles. The molecule has 0 fully saturated rings. The summed E-state index contributed by atoms with van der Waals surface area (Å²) in [7, 11) is 1.80. The molecule has 5 nitrogen and oxygen atoms in total. The van der Waals surface area contributed by atoms with Gasteiger partial charge in [-0.3, -0.25) is 4.68 Å². The predicted octanol–water partition coefficient (Wildman–Crippen LogP) is -1.53. The number of nitrogens with one attached hydrogen (secondary N) is 1. The van der Waals surface area contributed by atoms with Crippen LogP contribution in [0.3, 0.4) is 0 Å². The number of hydrogen-bond acceptors (Lipinski definition) is 3. The van der Waals surface area contributed by atoms with Crippen molar-refractivity contribution in [3.05, 3.63) is 29.3 Å². The molecule has 0 saturated carbocycles. The van der Waals surface area contributed by atoms with Gasteiger partial charge in [0.25, 0.3) is 0 Å². The second-order valence-corrected chi connectivity index (χ2v) is 3.13. The minimum Gasteiger partial charge on any atom is -0.664 e. The van der Waals surface area contributed by atoms with Crippen molar-refractivity contribution in [3.8, 4) is 0 Å². The Bertz CT molecular complexity index is 520. The molecule has 1 N–H and O–H groups in total. The number of hydrogen-bond donors (Lipinski definition) is 0. The number of rotatable bonds is 1. The smallest absolute Gasteiger partial charge is 0.664 e. The Morgan fingerprint density at radius 3 is 2.80 bits per heavy atom. The van der Waals surface area contributed by atoms with E-state index in [1.165, 1.54) is 6.20 Å². The van der Waals surface area contributed by atoms with E-state index in [0.29, 0.717) is 5.56 Å². The van der Waals surface area contributed by atoms with Crippen molar-refractivity contribution in [2.24, 2.45) is 7.05 Å². The van der Waals surface area contributed by atoms with E-state index in [2.05, 4.69) is 10.1 Å². The number of carbonyl (C=O) groups is 1. The number of aromatic nitrogens is 3. The summed E-state index contributed by atoms with van der Waals surface area (Å²) in [6.45, 7) is 1.85. The molecule has 2 aromatic heterocycles. The van der Waals surface area contributed by atoms with E-state index in [9.17, 15) is 4.79 Å². The van der Waals surface area contributed by atoms with Crippen LogP contribution in [0.5, 0.6) is 0 Å². The Morgan fingerprint density at radius 2 is 2.20 bits per heavy atom. The topological polar surface area (TPSA) is 71.6 Å². The Hall–Kier alpha value is -0.910. The molecule has 2 heterocycles. The van der Waals surface area contributed by atoms with Gasteiger partial charge < -0.3 is 10.5 Å². The molecular weight excluding hydrogens is 203 g/mol. The Morgan fingerprint density at radius 1 is 1.53 bits per heavy atom. The maximum atomic E-state index is 10.8. The van der Waals surface area contributed by atoms with E-state index in [1.807, 2.05) is 6.92 Å². The minimum absolute atomic E-state index is 0. The fourth-order valence-corrected chi connectivity index (χ4v) is 1.43. The summed E-state index contributed by atoms with van der Waals surface area (Å²) in [5.74, 6) is -0.720. The average Bonchev–Trinajstić information content (AvgIpc) is 2.42. The van der Waals surface area contributed by atoms with E-state index in [1.54, 1.807) is 17.8 Å². The molecule has 6 heteroatoms. The van der Waals surface area contributed by atoms with E-state index in [0.717, 1.165) is 16.7 Å². The number of pyridine rings is 1. The van der Waals surface area contributed by atoms with Crippen LogP contribution in [-0.4, -0.2) is 20.7 Å². The zero-order chi connectivity index (χ0) is 10.3. The normalized spacial score (nSPS) is 10.0. The van der Waals surface area contributed by atoms with Gasteiger partial charge in [0.15, 0.2) is 5.65 Å². The molecule has 0 saturated heterocycles. The number of carbonyl (C=O) groups excluding carboxylic acids is 1. The van der Waals surface area contributed by atoms with Crippen LogP contribution in [0.15, 0.2) is 12.3 Å². The number of amides is 1. The first kappa shape index (κ1) is 12.2. The molecule has 0 radical (unpaired) electrons. The van der Waals surface area contributed by atoms with Crippen molar-refractivity contribution < 1.29 is 34.4 Å². The Labute approximate surface area is 109 Å². The van der Waals surface area contributed by atoms with Gasteiger partial charge in [-0.1, -0.05) is 0 Å². The van der Waals surface area contributed by atoms with E-state index in [-0.39, 0.29) is 29.6 Å². The summed E-state index contributed by atoms with van der Waals surface area (Å²) in [5, 5.41) is 5.00. The summed E-state index contributed by atoms with van der Waals surface area (Å²) in [4.78, 5) is 14.9. The minimum atomic E-state index is -0.720. The van der Waals surface area contributed by atoms with Crippen LogP contribution in [0.2, 0.25) is 0 Å². The van der Waals surface area contributed by atoms with Crippen LogP contribution >= 0.6 is 0 Å². The first-order valence-corrected chi connectivity index (χ1v) is 4.15. The fraction of sp³-hybridized carbons (Fsp3) is 0.222. The van der Waals surface area contributed by atoms with E-state index in [4.69, 9.17) is 5.73 Å². The molecule has 15 heavy (non-hydrogen) atoms. The second-order valence-electron chi connectivity index (χ2n) is 3.13. The molecule has 0 aliphatic carbocycles. The Balaban J connectivity index is 0.00000112. The SMILES string of the molecule is Cc1nn(C)c2ncc(C([NH-])=O)cc12.[Na+]. The molecular formula is C9H9N4NaO. The van der Waals surface area contributed by atoms with Crippen molar-refractivity contribution in [1.29, 1.82) is 0 Å². The maximum Gasteiger partial charge on any atom is 1.00 e. The van der Waals surface area contributed by atoms with Crippen LogP contribution in [-0.2, 0) is 7.05 Å². The van der Waals surface area contributed by atoms with Crippen molar-refractivity contribution in [3.63, 3.8) is 0 Å². The summed E-state index contributed by atoms with van der Waals surface area (Å²) in [6.07, 6.45) is 1.40. The van der Waals surface area contributed by atoms with Gasteiger partial charge in [0.1, 0.15) is 0 Å². The molecule has 72 valence electrons. The first-order chi connectivity index (χ1) is 6.59. The quantitative estimate of drug-likeness (QED) is 0.538. The van der Waals surface area contributed by atoms with Gasteiger partial charge in [0.2, 0.25) is 0 Å². The third-order valence-corrected chi connectivity index (χ3v) is 2.13. The predicted molar refractivity (Wildman–Crippen MR) is 51.9 cm³/mol. The summed E-state index contributed by atoms with van der Waals surface area (Å²) < 4.78 is 1.66. The van der Waals surface area contributed by atoms with Crippen LogP contribution in [0.4, 0.5) is 0 Å². The van der Waals surface area contributed by atoms with Gasteiger partial charge in [0.05, 0.1) is 11.6 Å². The van der Waals surface area contributed by atoms with Crippen LogP contribution in [0.1, 0.15) is 16.1 Å². The van der Waals surface area contributed by atoms with Crippen LogP contribution in [0.25, 0.3) is 16.8 Å². The number of fused-ring (bicyclic) bond motifs is 1. The molecule has 0 aliphatic rings. The molecule has 1 amide bonds. The number of aryl methyl sites for hydroxylation is 2. The first-order valence-electron chi connectivity index (χ1n) is 4.15. The van der Waals surface area contributed by atoms with Gasteiger partial charge >= 0.3 is 29.6 Å². The van der Waals surface area contributed by atoms with Crippen molar-refractivity contribution >= 4 is 16.9 Å². The summed E-state index contributed by atoms with van der Waals surface area (Å²) >= 11 is 0. The second kappa shape index (κ2) is 4.30. The van der Waals surface area contributed by atoms with E-state index >= 15 is 0 Å². The molecule has 0 aliphatic heterocycles. The van der Waals surface area contributed by atoms with Crippen LogP contribution in [0, 0.1) is 6.92 Å². The van der Waals surface area contributed by atoms with Crippen molar-refractivity contribution in [1.82, 2.24) is 14.8 Å². The standard InChI is InChI=1S/C9H10N4O.Na/c1-5-7-3-6(8(10)14)4-11-9(7)13(2)12-5;/h3-4H,1-2H3,(H2,10,14);/q;+1/p-1. The van der Waals surface area contributed by atoms with E-state index < -0.39 is 5.91 Å². The van der Waals surface area contributed by atoms with Gasteiger partial charge in [0, 0.05) is 24.2 Å². The van der Waals surface area contributed by atoms with Crippen molar-refractivity contribution in [2.75, 3.05) is 0 Å². The zero-order valence-electron chi connectivity index (χ0n) is 8.90. The Kier molecular flexibility index (Phi) is 3.49. The molecule has 0 spiro atoms. The molecule has 2 aromatic rings. The monoisotopic (exact) mass is 212 g/mol. The van der Waals surface area contributed by atoms with Gasteiger partial charge in [-0.2, -0.15) is 5.10 Å². The van der Waals surface area contributed by atoms with Gasteiger partial charge in [-0.25, -0.2) is 4.98 Å².